The second-order valence-electron chi connectivity index (χ2n) is 1.10. The molecule has 13 heavy (non-hydrogen) atoms. The molecule has 0 aliphatic heterocycles. The molecule has 0 aromatic carbocycles. The molecule has 0 amide bonds. The van der Waals surface area contributed by atoms with E-state index in [1.165, 1.54) is 0 Å². The molecule has 7 nitrogen and oxygen atoms in total. The van der Waals surface area contributed by atoms with Gasteiger partial charge in [-0.15, -0.1) is 0 Å². The van der Waals surface area contributed by atoms with Gasteiger partial charge < -0.3 is 20.8 Å². The van der Waals surface area contributed by atoms with E-state index in [0.29, 0.717) is 0 Å². The Morgan fingerprint density at radius 1 is 0.692 bits per heavy atom. The summed E-state index contributed by atoms with van der Waals surface area (Å²) in [4.78, 5) is 0. The van der Waals surface area contributed by atoms with Crippen molar-refractivity contribution in [3.63, 3.8) is 0 Å². The van der Waals surface area contributed by atoms with Gasteiger partial charge in [0.2, 0.25) is 0 Å². The van der Waals surface area contributed by atoms with Crippen molar-refractivity contribution in [2.75, 3.05) is 0 Å². The molecule has 0 fully saturated rings. The zero-order valence-corrected chi connectivity index (χ0v) is 8.63. The molecule has 0 aromatic heterocycles. The summed E-state index contributed by atoms with van der Waals surface area (Å²) in [6, 6.07) is 0. The van der Waals surface area contributed by atoms with Gasteiger partial charge in [-0.05, 0) is 0 Å². The highest BCUT2D eigenvalue weighted by molar-refractivity contribution is 8.17. The molecule has 4 unspecified atom stereocenters. The van der Waals surface area contributed by atoms with Crippen LogP contribution in [0, 0.1) is 0 Å². The Kier molecular flexibility index (Phi) is 6.92. The molecular weight excluding hydrogens is 272 g/mol. The van der Waals surface area contributed by atoms with Crippen molar-refractivity contribution < 1.29 is 24.6 Å². The molecule has 0 aliphatic rings. The van der Waals surface area contributed by atoms with Crippen LogP contribution >= 0.6 is 0 Å². The Labute approximate surface area is 82.3 Å². The average molecular weight is 272 g/mol. The molecule has 0 bridgehead atoms. The van der Waals surface area contributed by atoms with E-state index in [-0.39, 0.29) is 0 Å². The molecular formula is F2N3O4S4-3. The van der Waals surface area contributed by atoms with Crippen LogP contribution in [-0.4, -0.2) is 16.8 Å². The van der Waals surface area contributed by atoms with Gasteiger partial charge in [0.15, 0.2) is 0 Å². The van der Waals surface area contributed by atoms with E-state index in [0.717, 1.165) is 0 Å². The monoisotopic (exact) mass is 272 g/mol. The predicted molar refractivity (Wildman–Crippen MR) is 44.9 cm³/mol. The standard InChI is InChI=1S/F2N3O4S4/c1-10(6)3-12(8)5-13(9)4-11(2)7/q-3. The summed E-state index contributed by atoms with van der Waals surface area (Å²) in [5.74, 6) is 0. The highest BCUT2D eigenvalue weighted by Gasteiger charge is 1.80. The fourth-order valence-electron chi connectivity index (χ4n) is 0.182. The minimum atomic E-state index is -3.24. The Bertz CT molecular complexity index is 240. The molecule has 0 radical (unpaired) electrons. The van der Waals surface area contributed by atoms with Crippen LogP contribution < -0.4 is 0 Å². The van der Waals surface area contributed by atoms with Crippen LogP contribution in [-0.2, 0) is 45.1 Å². The molecule has 4 atom stereocenters. The van der Waals surface area contributed by atoms with Crippen molar-refractivity contribution in [1.82, 2.24) is 0 Å². The van der Waals surface area contributed by atoms with Crippen molar-refractivity contribution >= 4 is 45.1 Å². The Balaban J connectivity index is 3.85. The van der Waals surface area contributed by atoms with Crippen LogP contribution in [0.2, 0.25) is 0 Å². The van der Waals surface area contributed by atoms with Gasteiger partial charge in [0.05, 0.1) is 0 Å². The molecule has 0 saturated carbocycles. The zero-order valence-electron chi connectivity index (χ0n) is 5.36. The van der Waals surface area contributed by atoms with E-state index in [4.69, 9.17) is 0 Å². The first-order valence-electron chi connectivity index (χ1n) is 2.07. The van der Waals surface area contributed by atoms with Crippen molar-refractivity contribution in [1.29, 1.82) is 0 Å². The van der Waals surface area contributed by atoms with Gasteiger partial charge in [-0.1, -0.05) is 0 Å². The van der Waals surface area contributed by atoms with Crippen molar-refractivity contribution in [2.24, 2.45) is 0 Å². The van der Waals surface area contributed by atoms with E-state index >= 15 is 0 Å². The summed E-state index contributed by atoms with van der Waals surface area (Å²) in [5, 5.41) is 0. The lowest BCUT2D eigenvalue weighted by Gasteiger charge is -2.32. The largest absolute Gasteiger partial charge is 0.526 e. The fraction of sp³-hybridized carbons (Fsp3) is 0. The lowest BCUT2D eigenvalue weighted by Crippen LogP contribution is -1.93. The normalized spacial score (nSPS) is 20.5. The number of rotatable bonds is 6. The molecule has 0 rings (SSSR count). The summed E-state index contributed by atoms with van der Waals surface area (Å²) in [6.45, 7) is 0. The molecule has 0 N–H and O–H groups in total. The maximum absolute atomic E-state index is 11.5. The third kappa shape index (κ3) is 8.66. The Morgan fingerprint density at radius 3 is 1.23 bits per heavy atom. The third-order valence-corrected chi connectivity index (χ3v) is 3.35. The fourth-order valence-corrected chi connectivity index (χ4v) is 2.13. The molecule has 0 spiro atoms. The number of hydrogen-bond donors (Lipinski definition) is 0. The van der Waals surface area contributed by atoms with Crippen molar-refractivity contribution in [3.8, 4) is 0 Å². The third-order valence-electron chi connectivity index (χ3n) is 0.372. The Hall–Kier alpha value is 0.340. The van der Waals surface area contributed by atoms with Crippen LogP contribution in [0.1, 0.15) is 0 Å². The van der Waals surface area contributed by atoms with Crippen molar-refractivity contribution in [2.45, 2.75) is 0 Å². The van der Waals surface area contributed by atoms with E-state index < -0.39 is 45.1 Å². The summed E-state index contributed by atoms with van der Waals surface area (Å²) in [5.41, 5.74) is 0. The van der Waals surface area contributed by atoms with Gasteiger partial charge >= 0.3 is 0 Å². The van der Waals surface area contributed by atoms with Gasteiger partial charge in [0.1, 0.15) is 22.7 Å². The molecule has 13 heteroatoms. The second kappa shape index (κ2) is 6.74. The SMILES string of the molecule is O=S(F)[N-]S(=O)[N-]S(=O)[N-]S(=O)F. The lowest BCUT2D eigenvalue weighted by molar-refractivity contribution is 0.654. The van der Waals surface area contributed by atoms with Crippen LogP contribution in [0.4, 0.5) is 7.77 Å². The van der Waals surface area contributed by atoms with Gasteiger partial charge in [0.25, 0.3) is 0 Å². The zero-order chi connectivity index (χ0) is 10.4. The number of halogens is 2. The van der Waals surface area contributed by atoms with E-state index in [9.17, 15) is 24.6 Å². The molecule has 0 heterocycles. The number of hydrogen-bond acceptors (Lipinski definition) is 4. The maximum atomic E-state index is 11.5. The van der Waals surface area contributed by atoms with E-state index in [1.807, 2.05) is 0 Å². The Morgan fingerprint density at radius 2 is 1.00 bits per heavy atom. The first-order valence-corrected chi connectivity index (χ1v) is 6.21. The minimum absolute atomic E-state index is 2.26. The summed E-state index contributed by atoms with van der Waals surface area (Å²) >= 11 is -11.9. The quantitative estimate of drug-likeness (QED) is 0.650. The topological polar surface area (TPSA) is 111 Å². The maximum Gasteiger partial charge on any atom is 0.112 e. The first-order chi connectivity index (χ1) is 5.91. The molecule has 0 aromatic rings. The predicted octanol–water partition coefficient (Wildman–Crippen LogP) is 0.361. The first kappa shape index (κ1) is 13.3. The van der Waals surface area contributed by atoms with Crippen LogP contribution in [0.25, 0.3) is 12.4 Å². The highest BCUT2D eigenvalue weighted by atomic mass is 32.3. The lowest BCUT2D eigenvalue weighted by atomic mass is 13.8. The average Bonchev–Trinajstić information content (AvgIpc) is 1.80. The van der Waals surface area contributed by atoms with Crippen LogP contribution in [0.15, 0.2) is 0 Å². The molecule has 80 valence electrons. The van der Waals surface area contributed by atoms with Gasteiger partial charge in [-0.2, -0.15) is 30.1 Å². The summed E-state index contributed by atoms with van der Waals surface area (Å²) < 4.78 is 69.8. The van der Waals surface area contributed by atoms with E-state index in [2.05, 4.69) is 12.4 Å². The van der Waals surface area contributed by atoms with Gasteiger partial charge in [0, 0.05) is 0 Å². The summed E-state index contributed by atoms with van der Waals surface area (Å²) in [6.07, 6.45) is 0. The van der Waals surface area contributed by atoms with Crippen molar-refractivity contribution in [3.05, 3.63) is 12.4 Å². The molecule has 0 saturated heterocycles. The smallest absolute Gasteiger partial charge is 0.112 e. The second-order valence-corrected chi connectivity index (χ2v) is 4.64. The van der Waals surface area contributed by atoms with Gasteiger partial charge in [-0.3, -0.25) is 0 Å². The molecule has 0 aliphatic carbocycles. The summed E-state index contributed by atoms with van der Waals surface area (Å²) in [7, 11) is 0. The van der Waals surface area contributed by atoms with Gasteiger partial charge in [-0.25, -0.2) is 8.42 Å². The minimum Gasteiger partial charge on any atom is -0.526 e. The highest BCUT2D eigenvalue weighted by Crippen LogP contribution is 2.16. The van der Waals surface area contributed by atoms with Crippen LogP contribution in [0.3, 0.4) is 0 Å². The van der Waals surface area contributed by atoms with E-state index in [1.54, 1.807) is 0 Å². The van der Waals surface area contributed by atoms with Crippen LogP contribution in [0.5, 0.6) is 0 Å². The number of nitrogens with zero attached hydrogens (tertiary/aromatic N) is 3.